The molecule has 0 saturated heterocycles. The SMILES string of the molecule is Cc1cc(S(=O)(=O)Cl)c(C)cc1OCCc1ccccn1. The minimum absolute atomic E-state index is 0.124. The Morgan fingerprint density at radius 2 is 1.95 bits per heavy atom. The van der Waals surface area contributed by atoms with Crippen LogP contribution in [0.25, 0.3) is 0 Å². The van der Waals surface area contributed by atoms with E-state index in [0.717, 1.165) is 11.3 Å². The first kappa shape index (κ1) is 15.8. The van der Waals surface area contributed by atoms with Crippen molar-refractivity contribution in [2.45, 2.75) is 25.2 Å². The summed E-state index contributed by atoms with van der Waals surface area (Å²) in [4.78, 5) is 4.34. The van der Waals surface area contributed by atoms with Crippen LogP contribution in [0.1, 0.15) is 16.8 Å². The summed E-state index contributed by atoms with van der Waals surface area (Å²) in [6.07, 6.45) is 2.43. The molecular weight excluding hydrogens is 310 g/mol. The van der Waals surface area contributed by atoms with Crippen molar-refractivity contribution in [1.29, 1.82) is 0 Å². The van der Waals surface area contributed by atoms with Crippen molar-refractivity contribution in [3.63, 3.8) is 0 Å². The fraction of sp³-hybridized carbons (Fsp3) is 0.267. The Bertz CT molecular complexity index is 730. The van der Waals surface area contributed by atoms with E-state index in [2.05, 4.69) is 4.98 Å². The fourth-order valence-corrected chi connectivity index (χ4v) is 3.25. The molecular formula is C15H16ClNO3S. The second kappa shape index (κ2) is 6.45. The molecule has 0 bridgehead atoms. The van der Waals surface area contributed by atoms with Gasteiger partial charge in [-0.1, -0.05) is 6.07 Å². The molecule has 0 aliphatic rings. The number of ether oxygens (including phenoxy) is 1. The van der Waals surface area contributed by atoms with Crippen molar-refractivity contribution >= 4 is 19.7 Å². The molecule has 0 aliphatic carbocycles. The highest BCUT2D eigenvalue weighted by Crippen LogP contribution is 2.27. The summed E-state index contributed by atoms with van der Waals surface area (Å²) in [7, 11) is 1.67. The van der Waals surface area contributed by atoms with Crippen LogP contribution in [-0.4, -0.2) is 20.0 Å². The molecule has 6 heteroatoms. The summed E-state index contributed by atoms with van der Waals surface area (Å²) in [6.45, 7) is 3.96. The van der Waals surface area contributed by atoms with E-state index in [1.54, 1.807) is 26.1 Å². The van der Waals surface area contributed by atoms with Crippen LogP contribution in [0.5, 0.6) is 5.75 Å². The second-order valence-corrected chi connectivity index (χ2v) is 7.27. The molecule has 112 valence electrons. The standard InChI is InChI=1S/C15H16ClNO3S/c1-11-10-15(21(16,18)19)12(2)9-14(11)20-8-6-13-5-3-4-7-17-13/h3-5,7,9-10H,6,8H2,1-2H3. The topological polar surface area (TPSA) is 56.3 Å². The maximum atomic E-state index is 11.4. The molecule has 0 atom stereocenters. The van der Waals surface area contributed by atoms with E-state index in [4.69, 9.17) is 15.4 Å². The number of hydrogen-bond donors (Lipinski definition) is 0. The Labute approximate surface area is 129 Å². The van der Waals surface area contributed by atoms with Gasteiger partial charge in [-0.05, 0) is 49.2 Å². The summed E-state index contributed by atoms with van der Waals surface area (Å²) in [5.41, 5.74) is 2.26. The van der Waals surface area contributed by atoms with Crippen LogP contribution in [0.2, 0.25) is 0 Å². The second-order valence-electron chi connectivity index (χ2n) is 4.74. The van der Waals surface area contributed by atoms with Crippen LogP contribution in [0.4, 0.5) is 0 Å². The lowest BCUT2D eigenvalue weighted by Crippen LogP contribution is -2.05. The van der Waals surface area contributed by atoms with Gasteiger partial charge in [0.2, 0.25) is 0 Å². The average molecular weight is 326 g/mol. The van der Waals surface area contributed by atoms with Gasteiger partial charge in [0.05, 0.1) is 11.5 Å². The smallest absolute Gasteiger partial charge is 0.261 e. The Hall–Kier alpha value is -1.59. The minimum Gasteiger partial charge on any atom is -0.493 e. The van der Waals surface area contributed by atoms with E-state index in [0.29, 0.717) is 24.3 Å². The molecule has 1 heterocycles. The summed E-state index contributed by atoms with van der Waals surface area (Å²) in [5, 5.41) is 0. The Morgan fingerprint density at radius 3 is 2.57 bits per heavy atom. The van der Waals surface area contributed by atoms with E-state index in [-0.39, 0.29) is 4.90 Å². The lowest BCUT2D eigenvalue weighted by molar-refractivity contribution is 0.318. The molecule has 4 nitrogen and oxygen atoms in total. The van der Waals surface area contributed by atoms with Gasteiger partial charge in [-0.2, -0.15) is 0 Å². The molecule has 2 aromatic rings. The summed E-state index contributed by atoms with van der Waals surface area (Å²) < 4.78 is 28.6. The molecule has 0 amide bonds. The number of pyridine rings is 1. The van der Waals surface area contributed by atoms with Crippen molar-refractivity contribution in [2.75, 3.05) is 6.61 Å². The van der Waals surface area contributed by atoms with Gasteiger partial charge in [0.1, 0.15) is 5.75 Å². The van der Waals surface area contributed by atoms with Gasteiger partial charge in [-0.15, -0.1) is 0 Å². The van der Waals surface area contributed by atoms with E-state index in [9.17, 15) is 8.42 Å². The van der Waals surface area contributed by atoms with E-state index >= 15 is 0 Å². The molecule has 0 aliphatic heterocycles. The number of rotatable bonds is 5. The molecule has 0 fully saturated rings. The predicted molar refractivity (Wildman–Crippen MR) is 82.4 cm³/mol. The molecule has 0 unspecified atom stereocenters. The predicted octanol–water partition coefficient (Wildman–Crippen LogP) is 3.25. The first-order valence-electron chi connectivity index (χ1n) is 6.46. The van der Waals surface area contributed by atoms with Crippen LogP contribution < -0.4 is 4.74 Å². The number of aromatic nitrogens is 1. The summed E-state index contributed by atoms with van der Waals surface area (Å²) >= 11 is 0. The molecule has 0 N–H and O–H groups in total. The van der Waals surface area contributed by atoms with Gasteiger partial charge in [-0.25, -0.2) is 8.42 Å². The third-order valence-corrected chi connectivity index (χ3v) is 4.54. The van der Waals surface area contributed by atoms with Crippen molar-refractivity contribution in [3.8, 4) is 5.75 Å². The highest BCUT2D eigenvalue weighted by atomic mass is 35.7. The van der Waals surface area contributed by atoms with Gasteiger partial charge in [0.15, 0.2) is 0 Å². The summed E-state index contributed by atoms with van der Waals surface area (Å²) in [6, 6.07) is 8.96. The first-order chi connectivity index (χ1) is 9.88. The molecule has 21 heavy (non-hydrogen) atoms. The largest absolute Gasteiger partial charge is 0.493 e. The van der Waals surface area contributed by atoms with Gasteiger partial charge in [0, 0.05) is 29.0 Å². The monoisotopic (exact) mass is 325 g/mol. The number of benzene rings is 1. The van der Waals surface area contributed by atoms with Crippen molar-refractivity contribution in [2.24, 2.45) is 0 Å². The molecule has 0 spiro atoms. The van der Waals surface area contributed by atoms with Crippen LogP contribution in [0.3, 0.4) is 0 Å². The number of aryl methyl sites for hydroxylation is 2. The quantitative estimate of drug-likeness (QED) is 0.792. The van der Waals surface area contributed by atoms with Crippen LogP contribution >= 0.6 is 10.7 Å². The molecule has 0 radical (unpaired) electrons. The van der Waals surface area contributed by atoms with Crippen LogP contribution in [0.15, 0.2) is 41.4 Å². The zero-order valence-electron chi connectivity index (χ0n) is 11.8. The van der Waals surface area contributed by atoms with Gasteiger partial charge < -0.3 is 4.74 Å². The molecule has 1 aromatic heterocycles. The van der Waals surface area contributed by atoms with Crippen LogP contribution in [-0.2, 0) is 15.5 Å². The van der Waals surface area contributed by atoms with E-state index in [1.807, 2.05) is 18.2 Å². The first-order valence-corrected chi connectivity index (χ1v) is 8.77. The number of halogens is 1. The van der Waals surface area contributed by atoms with Crippen molar-refractivity contribution in [3.05, 3.63) is 53.3 Å². The van der Waals surface area contributed by atoms with E-state index in [1.165, 1.54) is 6.07 Å². The maximum Gasteiger partial charge on any atom is 0.261 e. The maximum absolute atomic E-state index is 11.4. The number of nitrogens with zero attached hydrogens (tertiary/aromatic N) is 1. The molecule has 0 saturated carbocycles. The van der Waals surface area contributed by atoms with Gasteiger partial charge >= 0.3 is 0 Å². The minimum atomic E-state index is -3.73. The lowest BCUT2D eigenvalue weighted by Gasteiger charge is -2.12. The highest BCUT2D eigenvalue weighted by Gasteiger charge is 2.16. The molecule has 1 aromatic carbocycles. The van der Waals surface area contributed by atoms with Gasteiger partial charge in [-0.3, -0.25) is 4.98 Å². The lowest BCUT2D eigenvalue weighted by atomic mass is 10.1. The Kier molecular flexibility index (Phi) is 4.85. The van der Waals surface area contributed by atoms with E-state index < -0.39 is 9.05 Å². The van der Waals surface area contributed by atoms with Crippen molar-refractivity contribution in [1.82, 2.24) is 4.98 Å². The van der Waals surface area contributed by atoms with Crippen molar-refractivity contribution < 1.29 is 13.2 Å². The molecule has 2 rings (SSSR count). The highest BCUT2D eigenvalue weighted by molar-refractivity contribution is 8.13. The van der Waals surface area contributed by atoms with Crippen LogP contribution in [0, 0.1) is 13.8 Å². The zero-order valence-corrected chi connectivity index (χ0v) is 13.4. The summed E-state index contributed by atoms with van der Waals surface area (Å²) in [5.74, 6) is 0.660. The normalized spacial score (nSPS) is 11.4. The Morgan fingerprint density at radius 1 is 1.19 bits per heavy atom. The average Bonchev–Trinajstić information content (AvgIpc) is 2.42. The zero-order chi connectivity index (χ0) is 15.5. The number of hydrogen-bond acceptors (Lipinski definition) is 4. The third kappa shape index (κ3) is 4.19. The fourth-order valence-electron chi connectivity index (χ4n) is 1.99. The third-order valence-electron chi connectivity index (χ3n) is 3.08. The van der Waals surface area contributed by atoms with Gasteiger partial charge in [0.25, 0.3) is 9.05 Å². The Balaban J connectivity index is 2.09.